The van der Waals surface area contributed by atoms with Gasteiger partial charge in [-0.25, -0.2) is 9.79 Å². The largest absolute Gasteiger partial charge is 0.465 e. The van der Waals surface area contributed by atoms with Crippen molar-refractivity contribution >= 4 is 40.6 Å². The van der Waals surface area contributed by atoms with Gasteiger partial charge >= 0.3 is 5.97 Å². The van der Waals surface area contributed by atoms with Crippen LogP contribution in [0.3, 0.4) is 0 Å². The third kappa shape index (κ3) is 4.78. The molecule has 1 N–H and O–H groups in total. The highest BCUT2D eigenvalue weighted by Crippen LogP contribution is 2.30. The molecule has 1 fully saturated rings. The average Bonchev–Trinajstić information content (AvgIpc) is 3.31. The van der Waals surface area contributed by atoms with E-state index in [1.165, 1.54) is 24.4 Å². The van der Waals surface area contributed by atoms with Gasteiger partial charge in [0.1, 0.15) is 0 Å². The fraction of sp³-hybridized carbons (Fsp3) is 0.192. The molecule has 1 saturated heterocycles. The first kappa shape index (κ1) is 22.6. The number of nitrogens with zero attached hydrogens (tertiary/aromatic N) is 2. The number of thioether (sulfide) groups is 1. The standard InChI is InChI=1S/C26H25N3O3S/c1-5-18-9-11-21(12-10-18)27-26-28-24(30)23(33-26)15-20-13-16(2)29(17(20)3)22-8-6-7-19(14-22)25(31)32-4/h6-15H,5H2,1-4H3,(H,27,28,30)/b23-15-. The minimum absolute atomic E-state index is 0.165. The lowest BCUT2D eigenvalue weighted by Crippen LogP contribution is -2.19. The summed E-state index contributed by atoms with van der Waals surface area (Å²) in [7, 11) is 1.37. The van der Waals surface area contributed by atoms with Crippen LogP contribution in [0.5, 0.6) is 0 Å². The number of esters is 1. The first-order valence-corrected chi connectivity index (χ1v) is 11.5. The Hall–Kier alpha value is -3.58. The van der Waals surface area contributed by atoms with Gasteiger partial charge in [0, 0.05) is 17.1 Å². The van der Waals surface area contributed by atoms with E-state index in [-0.39, 0.29) is 11.9 Å². The lowest BCUT2D eigenvalue weighted by molar-refractivity contribution is -0.115. The number of methoxy groups -OCH3 is 1. The van der Waals surface area contributed by atoms with Gasteiger partial charge in [-0.15, -0.1) is 0 Å². The van der Waals surface area contributed by atoms with Crippen molar-refractivity contribution in [3.63, 3.8) is 0 Å². The van der Waals surface area contributed by atoms with E-state index in [9.17, 15) is 9.59 Å². The van der Waals surface area contributed by atoms with Crippen molar-refractivity contribution < 1.29 is 14.3 Å². The number of aliphatic imine (C=N–C) groups is 1. The van der Waals surface area contributed by atoms with E-state index in [0.717, 1.165) is 34.7 Å². The van der Waals surface area contributed by atoms with Crippen LogP contribution in [0, 0.1) is 13.8 Å². The van der Waals surface area contributed by atoms with E-state index >= 15 is 0 Å². The Morgan fingerprint density at radius 2 is 1.91 bits per heavy atom. The Morgan fingerprint density at radius 3 is 2.61 bits per heavy atom. The second-order valence-corrected chi connectivity index (χ2v) is 8.74. The summed E-state index contributed by atoms with van der Waals surface area (Å²) in [5.74, 6) is -0.543. The van der Waals surface area contributed by atoms with Gasteiger partial charge in [0.15, 0.2) is 5.17 Å². The third-order valence-corrected chi connectivity index (χ3v) is 6.42. The van der Waals surface area contributed by atoms with E-state index in [0.29, 0.717) is 15.6 Å². The van der Waals surface area contributed by atoms with E-state index < -0.39 is 0 Å². The smallest absolute Gasteiger partial charge is 0.337 e. The number of nitrogens with one attached hydrogen (secondary N) is 1. The van der Waals surface area contributed by atoms with Gasteiger partial charge in [-0.05, 0) is 85.6 Å². The summed E-state index contributed by atoms with van der Waals surface area (Å²) in [4.78, 5) is 29.6. The molecule has 0 bridgehead atoms. The normalized spacial score (nSPS) is 15.8. The molecule has 1 aromatic heterocycles. The van der Waals surface area contributed by atoms with Crippen molar-refractivity contribution in [2.24, 2.45) is 4.99 Å². The Bertz CT molecular complexity index is 1290. The number of hydrogen-bond donors (Lipinski definition) is 1. The molecular formula is C26H25N3O3S. The Balaban J connectivity index is 1.62. The number of carbonyl (C=O) groups is 2. The predicted molar refractivity (Wildman–Crippen MR) is 133 cm³/mol. The van der Waals surface area contributed by atoms with E-state index in [1.54, 1.807) is 12.1 Å². The number of rotatable bonds is 5. The van der Waals surface area contributed by atoms with Crippen molar-refractivity contribution in [1.29, 1.82) is 0 Å². The molecule has 1 aliphatic heterocycles. The van der Waals surface area contributed by atoms with Crippen molar-refractivity contribution in [2.45, 2.75) is 27.2 Å². The van der Waals surface area contributed by atoms with Crippen LogP contribution < -0.4 is 5.32 Å². The second kappa shape index (κ2) is 9.50. The number of amidine groups is 1. The molecule has 0 atom stereocenters. The minimum Gasteiger partial charge on any atom is -0.465 e. The molecule has 2 heterocycles. The molecule has 4 rings (SSSR count). The molecule has 7 heteroatoms. The van der Waals surface area contributed by atoms with Crippen LogP contribution in [0.25, 0.3) is 11.8 Å². The van der Waals surface area contributed by atoms with Crippen LogP contribution in [0.15, 0.2) is 64.5 Å². The fourth-order valence-corrected chi connectivity index (χ4v) is 4.60. The van der Waals surface area contributed by atoms with Gasteiger partial charge in [0.05, 0.1) is 23.3 Å². The zero-order valence-electron chi connectivity index (χ0n) is 19.0. The summed E-state index contributed by atoms with van der Waals surface area (Å²) >= 11 is 1.33. The Morgan fingerprint density at radius 1 is 1.15 bits per heavy atom. The summed E-state index contributed by atoms with van der Waals surface area (Å²) < 4.78 is 6.90. The molecule has 0 aliphatic carbocycles. The Kier molecular flexibility index (Phi) is 6.51. The summed E-state index contributed by atoms with van der Waals surface area (Å²) in [6.45, 7) is 6.10. The monoisotopic (exact) mass is 459 g/mol. The molecule has 1 amide bonds. The van der Waals surface area contributed by atoms with Crippen LogP contribution in [-0.2, 0) is 16.0 Å². The van der Waals surface area contributed by atoms with Gasteiger partial charge in [0.25, 0.3) is 5.91 Å². The van der Waals surface area contributed by atoms with Gasteiger partial charge in [-0.1, -0.05) is 25.1 Å². The highest BCUT2D eigenvalue weighted by molar-refractivity contribution is 8.18. The molecule has 2 aromatic carbocycles. The maximum atomic E-state index is 12.6. The first-order chi connectivity index (χ1) is 15.9. The number of hydrogen-bond acceptors (Lipinski definition) is 5. The van der Waals surface area contributed by atoms with Crippen LogP contribution >= 0.6 is 11.8 Å². The number of aryl methyl sites for hydroxylation is 2. The zero-order chi connectivity index (χ0) is 23.5. The number of aromatic nitrogens is 1. The number of benzene rings is 2. The summed E-state index contributed by atoms with van der Waals surface area (Å²) in [5, 5.41) is 3.41. The summed E-state index contributed by atoms with van der Waals surface area (Å²) in [6.07, 6.45) is 2.85. The molecule has 0 radical (unpaired) electrons. The van der Waals surface area contributed by atoms with E-state index in [4.69, 9.17) is 4.74 Å². The second-order valence-electron chi connectivity index (χ2n) is 7.71. The van der Waals surface area contributed by atoms with E-state index in [1.807, 2.05) is 62.4 Å². The van der Waals surface area contributed by atoms with Gasteiger partial charge in [-0.2, -0.15) is 0 Å². The maximum Gasteiger partial charge on any atom is 0.337 e. The molecule has 0 spiro atoms. The molecule has 6 nitrogen and oxygen atoms in total. The first-order valence-electron chi connectivity index (χ1n) is 10.7. The number of carbonyl (C=O) groups excluding carboxylic acids is 2. The molecule has 33 heavy (non-hydrogen) atoms. The molecule has 0 unspecified atom stereocenters. The molecule has 168 valence electrons. The van der Waals surface area contributed by atoms with Crippen molar-refractivity contribution in [3.8, 4) is 5.69 Å². The fourth-order valence-electron chi connectivity index (χ4n) is 3.77. The summed E-state index contributed by atoms with van der Waals surface area (Å²) in [5.41, 5.74) is 6.29. The van der Waals surface area contributed by atoms with Crippen molar-refractivity contribution in [3.05, 3.63) is 87.6 Å². The lowest BCUT2D eigenvalue weighted by Gasteiger charge is -2.11. The van der Waals surface area contributed by atoms with Gasteiger partial charge < -0.3 is 14.6 Å². The van der Waals surface area contributed by atoms with Crippen molar-refractivity contribution in [2.75, 3.05) is 7.11 Å². The van der Waals surface area contributed by atoms with Gasteiger partial charge in [-0.3, -0.25) is 4.79 Å². The minimum atomic E-state index is -0.378. The molecule has 3 aromatic rings. The number of ether oxygens (including phenoxy) is 1. The predicted octanol–water partition coefficient (Wildman–Crippen LogP) is 5.33. The van der Waals surface area contributed by atoms with Crippen LogP contribution in [0.4, 0.5) is 5.69 Å². The van der Waals surface area contributed by atoms with Crippen LogP contribution in [0.1, 0.15) is 39.8 Å². The average molecular weight is 460 g/mol. The van der Waals surface area contributed by atoms with Crippen LogP contribution in [-0.4, -0.2) is 28.7 Å². The van der Waals surface area contributed by atoms with Crippen LogP contribution in [0.2, 0.25) is 0 Å². The zero-order valence-corrected chi connectivity index (χ0v) is 19.8. The topological polar surface area (TPSA) is 72.7 Å². The van der Waals surface area contributed by atoms with E-state index in [2.05, 4.69) is 21.8 Å². The van der Waals surface area contributed by atoms with Gasteiger partial charge in [0.2, 0.25) is 0 Å². The number of amides is 1. The summed E-state index contributed by atoms with van der Waals surface area (Å²) in [6, 6.07) is 17.3. The van der Waals surface area contributed by atoms with Crippen molar-refractivity contribution in [1.82, 2.24) is 9.88 Å². The highest BCUT2D eigenvalue weighted by Gasteiger charge is 2.24. The Labute approximate surface area is 197 Å². The third-order valence-electron chi connectivity index (χ3n) is 5.51. The maximum absolute atomic E-state index is 12.6. The molecular weight excluding hydrogens is 434 g/mol. The SMILES string of the molecule is CCc1ccc(N=C2NC(=O)/C(=C/c3cc(C)n(-c4cccc(C(=O)OC)c4)c3C)S2)cc1. The molecule has 1 aliphatic rings. The lowest BCUT2D eigenvalue weighted by atomic mass is 10.2. The highest BCUT2D eigenvalue weighted by atomic mass is 32.2. The molecule has 0 saturated carbocycles. The quantitative estimate of drug-likeness (QED) is 0.413.